The maximum atomic E-state index is 9.61. The Balaban J connectivity index is 2.30. The van der Waals surface area contributed by atoms with Crippen LogP contribution in [0.1, 0.15) is 19.4 Å². The van der Waals surface area contributed by atoms with Crippen molar-refractivity contribution < 1.29 is 5.11 Å². The predicted molar refractivity (Wildman–Crippen MR) is 76.0 cm³/mol. The van der Waals surface area contributed by atoms with Crippen molar-refractivity contribution in [3.63, 3.8) is 0 Å². The van der Waals surface area contributed by atoms with Crippen LogP contribution in [0.2, 0.25) is 0 Å². The topological polar surface area (TPSA) is 35.5 Å². The Labute approximate surface area is 110 Å². The molecule has 0 radical (unpaired) electrons. The Morgan fingerprint density at radius 1 is 1.44 bits per heavy atom. The average molecular weight is 248 g/mol. The lowest BCUT2D eigenvalue weighted by Crippen LogP contribution is -2.44. The summed E-state index contributed by atoms with van der Waals surface area (Å²) in [6, 6.07) is 8.69. The third-order valence-electron chi connectivity index (χ3n) is 3.57. The van der Waals surface area contributed by atoms with Gasteiger partial charge in [0.25, 0.3) is 0 Å². The molecule has 0 amide bonds. The van der Waals surface area contributed by atoms with Crippen molar-refractivity contribution in [2.75, 3.05) is 31.1 Å². The van der Waals surface area contributed by atoms with E-state index >= 15 is 0 Å². The monoisotopic (exact) mass is 248 g/mol. The molecule has 1 aliphatic rings. The molecular weight excluding hydrogens is 224 g/mol. The maximum absolute atomic E-state index is 9.61. The lowest BCUT2D eigenvalue weighted by molar-refractivity contribution is 0.258. The molecule has 1 aromatic rings. The Morgan fingerprint density at radius 2 is 2.22 bits per heavy atom. The van der Waals surface area contributed by atoms with E-state index in [0.717, 1.165) is 19.6 Å². The molecule has 1 fully saturated rings. The lowest BCUT2D eigenvalue weighted by atomic mass is 9.93. The molecule has 18 heavy (non-hydrogen) atoms. The average Bonchev–Trinajstić information content (AvgIpc) is 2.47. The molecule has 0 bridgehead atoms. The minimum atomic E-state index is 0.161. The van der Waals surface area contributed by atoms with Gasteiger partial charge >= 0.3 is 0 Å². The molecule has 2 N–H and O–H groups in total. The molecule has 0 saturated carbocycles. The molecule has 3 heteroatoms. The van der Waals surface area contributed by atoms with Gasteiger partial charge in [0.2, 0.25) is 0 Å². The van der Waals surface area contributed by atoms with Crippen molar-refractivity contribution in [1.29, 1.82) is 0 Å². The van der Waals surface area contributed by atoms with Crippen LogP contribution in [0.25, 0.3) is 0 Å². The molecule has 1 aliphatic heterocycles. The van der Waals surface area contributed by atoms with E-state index in [4.69, 9.17) is 0 Å². The van der Waals surface area contributed by atoms with Crippen molar-refractivity contribution in [2.45, 2.75) is 26.8 Å². The highest BCUT2D eigenvalue weighted by Crippen LogP contribution is 2.26. The summed E-state index contributed by atoms with van der Waals surface area (Å²) in [5.74, 6) is 0. The summed E-state index contributed by atoms with van der Waals surface area (Å²) in [6.45, 7) is 9.63. The molecule has 1 saturated heterocycles. The van der Waals surface area contributed by atoms with Gasteiger partial charge in [0.05, 0.1) is 12.6 Å². The van der Waals surface area contributed by atoms with Crippen LogP contribution >= 0.6 is 0 Å². The number of hydrogen-bond acceptors (Lipinski definition) is 3. The number of rotatable bonds is 2. The first-order valence-corrected chi connectivity index (χ1v) is 6.67. The zero-order chi connectivity index (χ0) is 13.2. The van der Waals surface area contributed by atoms with Crippen LogP contribution in [-0.4, -0.2) is 37.4 Å². The van der Waals surface area contributed by atoms with E-state index in [1.807, 2.05) is 0 Å². The van der Waals surface area contributed by atoms with Crippen molar-refractivity contribution in [2.24, 2.45) is 5.41 Å². The molecule has 0 aromatic heterocycles. The Kier molecular flexibility index (Phi) is 3.93. The molecular formula is C15H24N2O. The van der Waals surface area contributed by atoms with Crippen LogP contribution in [0.4, 0.5) is 5.69 Å². The zero-order valence-electron chi connectivity index (χ0n) is 11.6. The third kappa shape index (κ3) is 3.03. The number of aryl methyl sites for hydroxylation is 1. The van der Waals surface area contributed by atoms with Gasteiger partial charge in [0, 0.05) is 25.3 Å². The van der Waals surface area contributed by atoms with Gasteiger partial charge in [0.1, 0.15) is 0 Å². The number of aliphatic hydroxyl groups is 1. The lowest BCUT2D eigenvalue weighted by Gasteiger charge is -2.35. The summed E-state index contributed by atoms with van der Waals surface area (Å²) in [7, 11) is 0. The normalized spacial score (nSPS) is 23.8. The van der Waals surface area contributed by atoms with E-state index in [0.29, 0.717) is 0 Å². The highest BCUT2D eigenvalue weighted by molar-refractivity contribution is 5.50. The van der Waals surface area contributed by atoms with Crippen LogP contribution in [-0.2, 0) is 0 Å². The van der Waals surface area contributed by atoms with Gasteiger partial charge in [-0.15, -0.1) is 0 Å². The van der Waals surface area contributed by atoms with Crippen LogP contribution in [0.5, 0.6) is 0 Å². The van der Waals surface area contributed by atoms with Gasteiger partial charge in [-0.05, 0) is 30.0 Å². The number of nitrogens with zero attached hydrogens (tertiary/aromatic N) is 1. The summed E-state index contributed by atoms with van der Waals surface area (Å²) >= 11 is 0. The van der Waals surface area contributed by atoms with Crippen LogP contribution in [0, 0.1) is 12.3 Å². The summed E-state index contributed by atoms with van der Waals surface area (Å²) in [6.07, 6.45) is 0. The maximum Gasteiger partial charge on any atom is 0.0647 e. The first-order chi connectivity index (χ1) is 8.52. The Bertz CT molecular complexity index is 403. The number of nitrogens with one attached hydrogen (secondary N) is 1. The van der Waals surface area contributed by atoms with Crippen LogP contribution in [0.3, 0.4) is 0 Å². The van der Waals surface area contributed by atoms with E-state index in [9.17, 15) is 5.11 Å². The van der Waals surface area contributed by atoms with Crippen molar-refractivity contribution in [3.05, 3.63) is 29.8 Å². The number of anilines is 1. The molecule has 0 spiro atoms. The van der Waals surface area contributed by atoms with E-state index < -0.39 is 0 Å². The Morgan fingerprint density at radius 3 is 2.89 bits per heavy atom. The second-order valence-corrected chi connectivity index (χ2v) is 6.10. The molecule has 0 aliphatic carbocycles. The SMILES string of the molecule is Cc1cccc(N2CC(C)(C)CNCC2CO)c1. The second kappa shape index (κ2) is 5.29. The minimum absolute atomic E-state index is 0.161. The minimum Gasteiger partial charge on any atom is -0.394 e. The van der Waals surface area contributed by atoms with Crippen LogP contribution in [0.15, 0.2) is 24.3 Å². The predicted octanol–water partition coefficient (Wildman–Crippen LogP) is 1.79. The van der Waals surface area contributed by atoms with E-state index in [1.165, 1.54) is 11.3 Å². The van der Waals surface area contributed by atoms with Crippen molar-refractivity contribution in [1.82, 2.24) is 5.32 Å². The summed E-state index contributed by atoms with van der Waals surface area (Å²) in [4.78, 5) is 2.34. The largest absolute Gasteiger partial charge is 0.394 e. The molecule has 1 unspecified atom stereocenters. The fourth-order valence-corrected chi connectivity index (χ4v) is 2.61. The highest BCUT2D eigenvalue weighted by atomic mass is 16.3. The third-order valence-corrected chi connectivity index (χ3v) is 3.57. The number of benzene rings is 1. The molecule has 100 valence electrons. The van der Waals surface area contributed by atoms with Gasteiger partial charge in [-0.2, -0.15) is 0 Å². The van der Waals surface area contributed by atoms with E-state index in [1.54, 1.807) is 0 Å². The fraction of sp³-hybridized carbons (Fsp3) is 0.600. The van der Waals surface area contributed by atoms with Gasteiger partial charge in [-0.25, -0.2) is 0 Å². The molecule has 1 atom stereocenters. The molecule has 3 nitrogen and oxygen atoms in total. The van der Waals surface area contributed by atoms with Gasteiger partial charge in [-0.3, -0.25) is 0 Å². The molecule has 2 rings (SSSR count). The number of aliphatic hydroxyl groups excluding tert-OH is 1. The zero-order valence-corrected chi connectivity index (χ0v) is 11.6. The van der Waals surface area contributed by atoms with Crippen LogP contribution < -0.4 is 10.2 Å². The quantitative estimate of drug-likeness (QED) is 0.837. The highest BCUT2D eigenvalue weighted by Gasteiger charge is 2.30. The second-order valence-electron chi connectivity index (χ2n) is 6.10. The van der Waals surface area contributed by atoms with Gasteiger partial charge in [-0.1, -0.05) is 26.0 Å². The first kappa shape index (κ1) is 13.4. The van der Waals surface area contributed by atoms with Crippen molar-refractivity contribution in [3.8, 4) is 0 Å². The summed E-state index contributed by atoms with van der Waals surface area (Å²) < 4.78 is 0. The smallest absolute Gasteiger partial charge is 0.0647 e. The first-order valence-electron chi connectivity index (χ1n) is 6.67. The van der Waals surface area contributed by atoms with Gasteiger partial charge in [0.15, 0.2) is 0 Å². The summed E-state index contributed by atoms with van der Waals surface area (Å²) in [5, 5.41) is 13.1. The molecule has 1 aromatic carbocycles. The molecule has 1 heterocycles. The summed E-state index contributed by atoms with van der Waals surface area (Å²) in [5.41, 5.74) is 2.69. The van der Waals surface area contributed by atoms with Gasteiger partial charge < -0.3 is 15.3 Å². The van der Waals surface area contributed by atoms with E-state index in [2.05, 4.69) is 55.3 Å². The fourth-order valence-electron chi connectivity index (χ4n) is 2.61. The Hall–Kier alpha value is -1.06. The van der Waals surface area contributed by atoms with Crippen molar-refractivity contribution >= 4 is 5.69 Å². The number of hydrogen-bond donors (Lipinski definition) is 2. The van der Waals surface area contributed by atoms with E-state index in [-0.39, 0.29) is 18.1 Å². The standard InChI is InChI=1S/C15H24N2O/c1-12-5-4-6-13(7-12)17-11-15(2,3)10-16-8-14(17)9-18/h4-7,14,16,18H,8-11H2,1-3H3.